The summed E-state index contributed by atoms with van der Waals surface area (Å²) in [7, 11) is 1.67. The molecule has 1 aromatic heterocycles. The Balaban J connectivity index is 2.72. The highest BCUT2D eigenvalue weighted by molar-refractivity contribution is 4.94. The minimum absolute atomic E-state index is 0.656. The average molecular weight is 167 g/mol. The average Bonchev–Trinajstić information content (AvgIpc) is 1.99. The Kier molecular flexibility index (Phi) is 3.10. The quantitative estimate of drug-likeness (QED) is 0.664. The van der Waals surface area contributed by atoms with Gasteiger partial charge in [0.05, 0.1) is 6.61 Å². The minimum atomic E-state index is 0.656. The molecule has 1 heterocycles. The molecule has 0 saturated heterocycles. The molecule has 0 fully saturated rings. The molecule has 0 N–H and O–H groups in total. The van der Waals surface area contributed by atoms with Crippen molar-refractivity contribution in [2.45, 2.75) is 20.3 Å². The van der Waals surface area contributed by atoms with Crippen LogP contribution in [0.5, 0.6) is 0 Å². The van der Waals surface area contributed by atoms with Crippen LogP contribution in [0, 0.1) is 13.8 Å². The topological polar surface area (TPSA) is 47.9 Å². The van der Waals surface area contributed by atoms with Gasteiger partial charge in [-0.25, -0.2) is 15.0 Å². The maximum atomic E-state index is 4.93. The van der Waals surface area contributed by atoms with Crippen LogP contribution < -0.4 is 0 Å². The van der Waals surface area contributed by atoms with Crippen molar-refractivity contribution in [3.05, 3.63) is 17.5 Å². The third-order valence-electron chi connectivity index (χ3n) is 1.44. The van der Waals surface area contributed by atoms with Crippen molar-refractivity contribution in [2.24, 2.45) is 0 Å². The number of methoxy groups -OCH3 is 1. The molecule has 0 bridgehead atoms. The lowest BCUT2D eigenvalue weighted by Gasteiger charge is -2.00. The van der Waals surface area contributed by atoms with Gasteiger partial charge in [-0.2, -0.15) is 0 Å². The Hall–Kier alpha value is -1.03. The number of hydrogen-bond acceptors (Lipinski definition) is 4. The van der Waals surface area contributed by atoms with Crippen LogP contribution in [0.1, 0.15) is 17.5 Å². The van der Waals surface area contributed by atoms with E-state index >= 15 is 0 Å². The van der Waals surface area contributed by atoms with E-state index in [2.05, 4.69) is 15.0 Å². The van der Waals surface area contributed by atoms with Crippen LogP contribution in [0.2, 0.25) is 0 Å². The molecule has 1 rings (SSSR count). The van der Waals surface area contributed by atoms with Gasteiger partial charge in [-0.3, -0.25) is 0 Å². The molecule has 0 radical (unpaired) electrons. The van der Waals surface area contributed by atoms with Crippen LogP contribution in [0.3, 0.4) is 0 Å². The third-order valence-corrected chi connectivity index (χ3v) is 1.44. The van der Waals surface area contributed by atoms with Crippen molar-refractivity contribution < 1.29 is 4.74 Å². The van der Waals surface area contributed by atoms with Crippen molar-refractivity contribution in [1.82, 2.24) is 15.0 Å². The van der Waals surface area contributed by atoms with Gasteiger partial charge in [0.15, 0.2) is 0 Å². The molecule has 0 atom stereocenters. The van der Waals surface area contributed by atoms with Gasteiger partial charge >= 0.3 is 0 Å². The number of hydrogen-bond donors (Lipinski definition) is 0. The fourth-order valence-corrected chi connectivity index (χ4v) is 0.988. The molecule has 4 nitrogen and oxygen atoms in total. The van der Waals surface area contributed by atoms with Crippen LogP contribution in [0.4, 0.5) is 0 Å². The van der Waals surface area contributed by atoms with E-state index in [9.17, 15) is 0 Å². The van der Waals surface area contributed by atoms with Gasteiger partial charge in [-0.1, -0.05) is 0 Å². The highest BCUT2D eigenvalue weighted by Crippen LogP contribution is 1.95. The lowest BCUT2D eigenvalue weighted by atomic mass is 10.4. The Morgan fingerprint density at radius 1 is 1.08 bits per heavy atom. The highest BCUT2D eigenvalue weighted by Gasteiger charge is 1.99. The molecule has 1 aromatic rings. The van der Waals surface area contributed by atoms with E-state index in [0.717, 1.165) is 23.9 Å². The van der Waals surface area contributed by atoms with E-state index in [-0.39, 0.29) is 0 Å². The predicted molar refractivity (Wildman–Crippen MR) is 44.9 cm³/mol. The van der Waals surface area contributed by atoms with E-state index < -0.39 is 0 Å². The fraction of sp³-hybridized carbons (Fsp3) is 0.625. The number of aromatic nitrogens is 3. The van der Waals surface area contributed by atoms with Gasteiger partial charge in [0.25, 0.3) is 0 Å². The molecule has 0 spiro atoms. The summed E-state index contributed by atoms with van der Waals surface area (Å²) in [6, 6.07) is 0. The molecule has 0 aliphatic carbocycles. The SMILES string of the molecule is COCCc1nc(C)nc(C)n1. The first-order valence-corrected chi connectivity index (χ1v) is 3.89. The molecule has 0 aliphatic rings. The first kappa shape index (κ1) is 9.06. The lowest BCUT2D eigenvalue weighted by Crippen LogP contribution is -2.05. The summed E-state index contributed by atoms with van der Waals surface area (Å²) in [6.45, 7) is 4.39. The largest absolute Gasteiger partial charge is 0.384 e. The Morgan fingerprint density at radius 2 is 1.67 bits per heavy atom. The lowest BCUT2D eigenvalue weighted by molar-refractivity contribution is 0.200. The maximum Gasteiger partial charge on any atom is 0.134 e. The van der Waals surface area contributed by atoms with Crippen LogP contribution >= 0.6 is 0 Å². The second kappa shape index (κ2) is 4.11. The van der Waals surface area contributed by atoms with E-state index in [1.807, 2.05) is 13.8 Å². The van der Waals surface area contributed by atoms with Crippen molar-refractivity contribution in [1.29, 1.82) is 0 Å². The molecule has 0 amide bonds. The first-order chi connectivity index (χ1) is 5.72. The molecule has 0 unspecified atom stereocenters. The number of aryl methyl sites for hydroxylation is 2. The van der Waals surface area contributed by atoms with Crippen molar-refractivity contribution in [3.63, 3.8) is 0 Å². The molecular weight excluding hydrogens is 154 g/mol. The Morgan fingerprint density at radius 3 is 2.17 bits per heavy atom. The van der Waals surface area contributed by atoms with Crippen LogP contribution in [-0.4, -0.2) is 28.7 Å². The molecule has 12 heavy (non-hydrogen) atoms. The predicted octanol–water partition coefficient (Wildman–Crippen LogP) is 0.677. The van der Waals surface area contributed by atoms with Gasteiger partial charge in [-0.15, -0.1) is 0 Å². The summed E-state index contributed by atoms with van der Waals surface area (Å²) < 4.78 is 4.93. The zero-order valence-electron chi connectivity index (χ0n) is 7.66. The van der Waals surface area contributed by atoms with E-state index in [4.69, 9.17) is 4.74 Å². The first-order valence-electron chi connectivity index (χ1n) is 3.89. The van der Waals surface area contributed by atoms with Crippen molar-refractivity contribution in [2.75, 3.05) is 13.7 Å². The van der Waals surface area contributed by atoms with Gasteiger partial charge in [0, 0.05) is 13.5 Å². The van der Waals surface area contributed by atoms with Crippen molar-refractivity contribution in [3.8, 4) is 0 Å². The fourth-order valence-electron chi connectivity index (χ4n) is 0.988. The van der Waals surface area contributed by atoms with Crippen LogP contribution in [-0.2, 0) is 11.2 Å². The standard InChI is InChI=1S/C8H13N3O/c1-6-9-7(2)11-8(10-6)4-5-12-3/h4-5H2,1-3H3. The van der Waals surface area contributed by atoms with Crippen molar-refractivity contribution >= 4 is 0 Å². The van der Waals surface area contributed by atoms with Gasteiger partial charge in [0.1, 0.15) is 17.5 Å². The number of ether oxygens (including phenoxy) is 1. The second-order valence-corrected chi connectivity index (χ2v) is 2.59. The zero-order chi connectivity index (χ0) is 8.97. The summed E-state index contributed by atoms with van der Waals surface area (Å²) >= 11 is 0. The number of nitrogens with zero attached hydrogens (tertiary/aromatic N) is 3. The van der Waals surface area contributed by atoms with Gasteiger partial charge in [0.2, 0.25) is 0 Å². The molecule has 0 aliphatic heterocycles. The molecule has 4 heteroatoms. The molecule has 0 aromatic carbocycles. The monoisotopic (exact) mass is 167 g/mol. The summed E-state index contributed by atoms with van der Waals surface area (Å²) in [5.74, 6) is 2.35. The third kappa shape index (κ3) is 2.54. The Bertz CT molecular complexity index is 242. The molecular formula is C8H13N3O. The number of rotatable bonds is 3. The maximum absolute atomic E-state index is 4.93. The molecule has 0 saturated carbocycles. The van der Waals surface area contributed by atoms with Gasteiger partial charge in [-0.05, 0) is 13.8 Å². The summed E-state index contributed by atoms with van der Waals surface area (Å²) in [5, 5.41) is 0. The summed E-state index contributed by atoms with van der Waals surface area (Å²) in [5.41, 5.74) is 0. The normalized spacial score (nSPS) is 10.2. The smallest absolute Gasteiger partial charge is 0.134 e. The second-order valence-electron chi connectivity index (χ2n) is 2.59. The summed E-state index contributed by atoms with van der Waals surface area (Å²) in [6.07, 6.45) is 0.751. The van der Waals surface area contributed by atoms with E-state index in [1.165, 1.54) is 0 Å². The van der Waals surface area contributed by atoms with E-state index in [0.29, 0.717) is 6.61 Å². The molecule has 66 valence electrons. The van der Waals surface area contributed by atoms with E-state index in [1.54, 1.807) is 7.11 Å². The highest BCUT2D eigenvalue weighted by atomic mass is 16.5. The Labute approximate surface area is 72.0 Å². The van der Waals surface area contributed by atoms with Gasteiger partial charge < -0.3 is 4.74 Å². The minimum Gasteiger partial charge on any atom is -0.384 e. The van der Waals surface area contributed by atoms with Crippen LogP contribution in [0.25, 0.3) is 0 Å². The van der Waals surface area contributed by atoms with Crippen LogP contribution in [0.15, 0.2) is 0 Å². The zero-order valence-corrected chi connectivity index (χ0v) is 7.66. The summed E-state index contributed by atoms with van der Waals surface area (Å²) in [4.78, 5) is 12.4.